The topological polar surface area (TPSA) is 9.23 Å². The molecular formula is C9H19OSi. The Hall–Kier alpha value is -0.0831. The molecule has 0 atom stereocenters. The summed E-state index contributed by atoms with van der Waals surface area (Å²) in [6.45, 7) is 13.3. The lowest BCUT2D eigenvalue weighted by molar-refractivity contribution is 0.351. The maximum atomic E-state index is 5.70. The molecule has 0 spiro atoms. The van der Waals surface area contributed by atoms with Gasteiger partial charge in [-0.05, 0) is 11.1 Å². The quantitative estimate of drug-likeness (QED) is 0.456. The second-order valence-electron chi connectivity index (χ2n) is 3.31. The lowest BCUT2D eigenvalue weighted by Gasteiger charge is -2.21. The summed E-state index contributed by atoms with van der Waals surface area (Å²) in [4.78, 5) is 0. The lowest BCUT2D eigenvalue weighted by atomic mass is 10.5. The van der Waals surface area contributed by atoms with Crippen LogP contribution >= 0.6 is 0 Å². The molecule has 0 bridgehead atoms. The molecule has 0 aliphatic carbocycles. The van der Waals surface area contributed by atoms with Crippen molar-refractivity contribution >= 4 is 9.04 Å². The standard InChI is InChI=1S/C9H19OSi/c1-6-7-10-11(8(2)3)9(4)5/h6,8-9H,1,7H2,2-5H3. The summed E-state index contributed by atoms with van der Waals surface area (Å²) in [6.07, 6.45) is 1.83. The molecule has 0 aromatic heterocycles. The van der Waals surface area contributed by atoms with Gasteiger partial charge in [0.1, 0.15) is 0 Å². The van der Waals surface area contributed by atoms with Gasteiger partial charge < -0.3 is 4.43 Å². The average molecular weight is 171 g/mol. The first-order valence-corrected chi connectivity index (χ1v) is 5.76. The molecule has 0 amide bonds. The van der Waals surface area contributed by atoms with Crippen molar-refractivity contribution < 1.29 is 4.43 Å². The lowest BCUT2D eigenvalue weighted by Crippen LogP contribution is -2.25. The molecule has 0 N–H and O–H groups in total. The van der Waals surface area contributed by atoms with E-state index >= 15 is 0 Å². The van der Waals surface area contributed by atoms with Crippen LogP contribution in [-0.2, 0) is 4.43 Å². The molecule has 0 rings (SSSR count). The highest BCUT2D eigenvalue weighted by Gasteiger charge is 2.21. The molecule has 0 unspecified atom stereocenters. The summed E-state index contributed by atoms with van der Waals surface area (Å²) < 4.78 is 5.70. The SMILES string of the molecule is C=CCO[Si](C(C)C)C(C)C. The summed E-state index contributed by atoms with van der Waals surface area (Å²) in [5.74, 6) is 0. The molecule has 0 saturated carbocycles. The van der Waals surface area contributed by atoms with Gasteiger partial charge in [-0.2, -0.15) is 0 Å². The molecule has 0 saturated heterocycles. The Labute approximate surface area is 72.2 Å². The van der Waals surface area contributed by atoms with Gasteiger partial charge in [0.2, 0.25) is 9.04 Å². The van der Waals surface area contributed by atoms with E-state index in [2.05, 4.69) is 34.3 Å². The molecule has 0 aromatic rings. The van der Waals surface area contributed by atoms with Gasteiger partial charge in [0.15, 0.2) is 0 Å². The minimum absolute atomic E-state index is 0.613. The van der Waals surface area contributed by atoms with Gasteiger partial charge in [-0.15, -0.1) is 6.58 Å². The first kappa shape index (κ1) is 10.9. The molecule has 0 aliphatic heterocycles. The predicted octanol–water partition coefficient (Wildman–Crippen LogP) is 3.00. The first-order chi connectivity index (χ1) is 5.09. The van der Waals surface area contributed by atoms with Crippen LogP contribution in [0.3, 0.4) is 0 Å². The van der Waals surface area contributed by atoms with Crippen molar-refractivity contribution in [3.63, 3.8) is 0 Å². The van der Waals surface area contributed by atoms with Crippen molar-refractivity contribution in [2.45, 2.75) is 38.8 Å². The van der Waals surface area contributed by atoms with Gasteiger partial charge in [0.25, 0.3) is 0 Å². The Morgan fingerprint density at radius 3 is 2.00 bits per heavy atom. The monoisotopic (exact) mass is 171 g/mol. The van der Waals surface area contributed by atoms with Crippen molar-refractivity contribution in [1.82, 2.24) is 0 Å². The smallest absolute Gasteiger partial charge is 0.217 e. The molecule has 1 nitrogen and oxygen atoms in total. The Kier molecular flexibility index (Phi) is 5.51. The second kappa shape index (κ2) is 5.55. The zero-order valence-corrected chi connectivity index (χ0v) is 9.05. The summed E-state index contributed by atoms with van der Waals surface area (Å²) in [6, 6.07) is 0. The molecule has 0 aromatic carbocycles. The van der Waals surface area contributed by atoms with Crippen LogP contribution in [-0.4, -0.2) is 15.6 Å². The molecule has 0 fully saturated rings. The first-order valence-electron chi connectivity index (χ1n) is 4.20. The fourth-order valence-electron chi connectivity index (χ4n) is 1.16. The Balaban J connectivity index is 3.79. The largest absolute Gasteiger partial charge is 0.412 e. The highest BCUT2D eigenvalue weighted by molar-refractivity contribution is 6.54. The van der Waals surface area contributed by atoms with Crippen LogP contribution in [0.5, 0.6) is 0 Å². The minimum Gasteiger partial charge on any atom is -0.412 e. The number of hydrogen-bond acceptors (Lipinski definition) is 1. The van der Waals surface area contributed by atoms with Crippen molar-refractivity contribution in [2.24, 2.45) is 0 Å². The third kappa shape index (κ3) is 4.38. The van der Waals surface area contributed by atoms with Gasteiger partial charge in [-0.1, -0.05) is 33.8 Å². The van der Waals surface area contributed by atoms with Crippen LogP contribution in [0.1, 0.15) is 27.7 Å². The fourth-order valence-corrected chi connectivity index (χ4v) is 3.47. The van der Waals surface area contributed by atoms with Crippen molar-refractivity contribution in [2.75, 3.05) is 6.61 Å². The fraction of sp³-hybridized carbons (Fsp3) is 0.778. The third-order valence-corrected chi connectivity index (χ3v) is 4.28. The van der Waals surface area contributed by atoms with Crippen LogP contribution < -0.4 is 0 Å². The molecule has 65 valence electrons. The van der Waals surface area contributed by atoms with E-state index in [1.807, 2.05) is 6.08 Å². The van der Waals surface area contributed by atoms with E-state index in [1.54, 1.807) is 0 Å². The van der Waals surface area contributed by atoms with E-state index in [1.165, 1.54) is 0 Å². The van der Waals surface area contributed by atoms with Crippen molar-refractivity contribution in [3.8, 4) is 0 Å². The van der Waals surface area contributed by atoms with E-state index in [4.69, 9.17) is 4.43 Å². The number of hydrogen-bond donors (Lipinski definition) is 0. The van der Waals surface area contributed by atoms with E-state index in [0.29, 0.717) is 17.7 Å². The normalized spacial score (nSPS) is 11.5. The molecular weight excluding hydrogens is 152 g/mol. The summed E-state index contributed by atoms with van der Waals surface area (Å²) >= 11 is 0. The van der Waals surface area contributed by atoms with Crippen molar-refractivity contribution in [1.29, 1.82) is 0 Å². The van der Waals surface area contributed by atoms with Crippen LogP contribution in [0.4, 0.5) is 0 Å². The molecule has 11 heavy (non-hydrogen) atoms. The van der Waals surface area contributed by atoms with E-state index in [9.17, 15) is 0 Å². The minimum atomic E-state index is -0.613. The van der Waals surface area contributed by atoms with Crippen LogP contribution in [0, 0.1) is 0 Å². The molecule has 0 heterocycles. The highest BCUT2D eigenvalue weighted by atomic mass is 28.3. The maximum absolute atomic E-state index is 5.70. The van der Waals surface area contributed by atoms with E-state index in [0.717, 1.165) is 0 Å². The zero-order chi connectivity index (χ0) is 8.85. The Morgan fingerprint density at radius 2 is 1.73 bits per heavy atom. The van der Waals surface area contributed by atoms with Gasteiger partial charge >= 0.3 is 0 Å². The molecule has 1 radical (unpaired) electrons. The molecule has 2 heteroatoms. The van der Waals surface area contributed by atoms with Crippen LogP contribution in [0.2, 0.25) is 11.1 Å². The summed E-state index contributed by atoms with van der Waals surface area (Å²) in [7, 11) is -0.613. The van der Waals surface area contributed by atoms with Gasteiger partial charge in [0.05, 0.1) is 6.61 Å². The van der Waals surface area contributed by atoms with Gasteiger partial charge in [0, 0.05) is 0 Å². The van der Waals surface area contributed by atoms with Crippen molar-refractivity contribution in [3.05, 3.63) is 12.7 Å². The van der Waals surface area contributed by atoms with E-state index in [-0.39, 0.29) is 0 Å². The highest BCUT2D eigenvalue weighted by Crippen LogP contribution is 2.20. The van der Waals surface area contributed by atoms with Crippen LogP contribution in [0.25, 0.3) is 0 Å². The van der Waals surface area contributed by atoms with Crippen LogP contribution in [0.15, 0.2) is 12.7 Å². The second-order valence-corrected chi connectivity index (χ2v) is 6.71. The van der Waals surface area contributed by atoms with Gasteiger partial charge in [-0.3, -0.25) is 0 Å². The zero-order valence-electron chi connectivity index (χ0n) is 8.05. The number of rotatable bonds is 5. The summed E-state index contributed by atoms with van der Waals surface area (Å²) in [5.41, 5.74) is 1.39. The average Bonchev–Trinajstić information content (AvgIpc) is 1.87. The summed E-state index contributed by atoms with van der Waals surface area (Å²) in [5, 5.41) is 0. The maximum Gasteiger partial charge on any atom is 0.217 e. The Bertz CT molecular complexity index is 102. The predicted molar refractivity (Wildman–Crippen MR) is 52.1 cm³/mol. The molecule has 0 aliphatic rings. The third-order valence-electron chi connectivity index (χ3n) is 1.51. The Morgan fingerprint density at radius 1 is 1.27 bits per heavy atom. The van der Waals surface area contributed by atoms with E-state index < -0.39 is 9.04 Å². The van der Waals surface area contributed by atoms with Gasteiger partial charge in [-0.25, -0.2) is 0 Å².